The Morgan fingerprint density at radius 3 is 2.40 bits per heavy atom. The molecule has 0 fully saturated rings. The van der Waals surface area contributed by atoms with Crippen LogP contribution in [0.1, 0.15) is 10.4 Å². The Balaban J connectivity index is 2.02. The Morgan fingerprint density at radius 2 is 1.80 bits per heavy atom. The largest absolute Gasteiger partial charge is 0.398 e. The van der Waals surface area contributed by atoms with Crippen molar-refractivity contribution in [3.8, 4) is 0 Å². The number of hydrogen-bond acceptors (Lipinski definition) is 5. The molecule has 2 aromatic carbocycles. The highest BCUT2D eigenvalue weighted by Crippen LogP contribution is 2.25. The van der Waals surface area contributed by atoms with E-state index in [9.17, 15) is 14.9 Å². The van der Waals surface area contributed by atoms with Gasteiger partial charge >= 0.3 is 0 Å². The van der Waals surface area contributed by atoms with Crippen molar-refractivity contribution >= 4 is 28.9 Å². The molecule has 20 heavy (non-hydrogen) atoms. The highest BCUT2D eigenvalue weighted by atomic mass is 32.2. The number of nitrogens with zero attached hydrogens (tertiary/aromatic N) is 1. The molecule has 5 nitrogen and oxygen atoms in total. The molecule has 0 aliphatic carbocycles. The van der Waals surface area contributed by atoms with E-state index in [4.69, 9.17) is 5.73 Å². The highest BCUT2D eigenvalue weighted by molar-refractivity contribution is 8.00. The number of nitro groups is 1. The molecule has 0 aliphatic rings. The number of nitro benzene ring substituents is 1. The van der Waals surface area contributed by atoms with Gasteiger partial charge in [-0.1, -0.05) is 12.1 Å². The van der Waals surface area contributed by atoms with E-state index in [0.29, 0.717) is 11.3 Å². The maximum absolute atomic E-state index is 12.0. The fourth-order valence-corrected chi connectivity index (χ4v) is 2.47. The van der Waals surface area contributed by atoms with Crippen LogP contribution in [0.3, 0.4) is 0 Å². The normalized spacial score (nSPS) is 10.2. The van der Waals surface area contributed by atoms with E-state index >= 15 is 0 Å². The quantitative estimate of drug-likeness (QED) is 0.300. The number of hydrogen-bond donors (Lipinski definition) is 1. The number of benzene rings is 2. The molecular weight excluding hydrogens is 276 g/mol. The van der Waals surface area contributed by atoms with Gasteiger partial charge in [0.2, 0.25) is 0 Å². The standard InChI is InChI=1S/C14H12N2O3S/c15-12-3-1-2-4-14(12)20-9-13(17)10-5-7-11(8-6-10)16(18)19/h1-8H,9,15H2. The van der Waals surface area contributed by atoms with Crippen LogP contribution in [0, 0.1) is 10.1 Å². The van der Waals surface area contributed by atoms with Gasteiger partial charge in [0.1, 0.15) is 0 Å². The SMILES string of the molecule is Nc1ccccc1SCC(=O)c1ccc([N+](=O)[O-])cc1. The van der Waals surface area contributed by atoms with E-state index in [2.05, 4.69) is 0 Å². The number of nitrogen functional groups attached to an aromatic ring is 1. The van der Waals surface area contributed by atoms with Crippen LogP contribution in [0.5, 0.6) is 0 Å². The molecular formula is C14H12N2O3S. The lowest BCUT2D eigenvalue weighted by Crippen LogP contribution is -2.03. The molecule has 2 rings (SSSR count). The molecule has 0 saturated carbocycles. The number of anilines is 1. The van der Waals surface area contributed by atoms with Crippen molar-refractivity contribution in [2.24, 2.45) is 0 Å². The second kappa shape index (κ2) is 6.21. The third-order valence-corrected chi connectivity index (χ3v) is 3.77. The summed E-state index contributed by atoms with van der Waals surface area (Å²) in [5.74, 6) is 0.152. The maximum atomic E-state index is 12.0. The van der Waals surface area contributed by atoms with Gasteiger partial charge in [-0.05, 0) is 24.3 Å². The van der Waals surface area contributed by atoms with Gasteiger partial charge in [0.05, 0.1) is 10.7 Å². The summed E-state index contributed by atoms with van der Waals surface area (Å²) in [6, 6.07) is 12.9. The zero-order chi connectivity index (χ0) is 14.5. The average Bonchev–Trinajstić information content (AvgIpc) is 2.46. The smallest absolute Gasteiger partial charge is 0.269 e. The van der Waals surface area contributed by atoms with Gasteiger partial charge in [-0.25, -0.2) is 0 Å². The monoisotopic (exact) mass is 288 g/mol. The summed E-state index contributed by atoms with van der Waals surface area (Å²) in [6.07, 6.45) is 0. The minimum Gasteiger partial charge on any atom is -0.398 e. The van der Waals surface area contributed by atoms with Crippen molar-refractivity contribution in [3.63, 3.8) is 0 Å². The molecule has 0 bridgehead atoms. The molecule has 0 atom stereocenters. The van der Waals surface area contributed by atoms with Crippen molar-refractivity contribution in [1.29, 1.82) is 0 Å². The third-order valence-electron chi connectivity index (χ3n) is 2.68. The summed E-state index contributed by atoms with van der Waals surface area (Å²) in [7, 11) is 0. The number of rotatable bonds is 5. The van der Waals surface area contributed by atoms with Gasteiger partial charge in [-0.3, -0.25) is 14.9 Å². The zero-order valence-electron chi connectivity index (χ0n) is 10.5. The van der Waals surface area contributed by atoms with E-state index < -0.39 is 4.92 Å². The van der Waals surface area contributed by atoms with Gasteiger partial charge < -0.3 is 5.73 Å². The Kier molecular flexibility index (Phi) is 4.37. The number of non-ortho nitro benzene ring substituents is 1. The second-order valence-corrected chi connectivity index (χ2v) is 5.07. The average molecular weight is 288 g/mol. The molecule has 0 radical (unpaired) electrons. The topological polar surface area (TPSA) is 86.2 Å². The van der Waals surface area contributed by atoms with Crippen molar-refractivity contribution in [3.05, 3.63) is 64.2 Å². The summed E-state index contributed by atoms with van der Waals surface area (Å²) in [6.45, 7) is 0. The van der Waals surface area contributed by atoms with Crippen LogP contribution < -0.4 is 5.73 Å². The molecule has 2 aromatic rings. The first-order valence-electron chi connectivity index (χ1n) is 5.83. The van der Waals surface area contributed by atoms with Crippen LogP contribution in [0.25, 0.3) is 0 Å². The number of para-hydroxylation sites is 1. The van der Waals surface area contributed by atoms with E-state index in [1.54, 1.807) is 6.07 Å². The Bertz CT molecular complexity index is 641. The minimum absolute atomic E-state index is 0.0264. The third kappa shape index (κ3) is 3.36. The Hall–Kier alpha value is -2.34. The van der Waals surface area contributed by atoms with Gasteiger partial charge in [0, 0.05) is 28.3 Å². The van der Waals surface area contributed by atoms with Crippen LogP contribution in [-0.2, 0) is 0 Å². The number of carbonyl (C=O) groups is 1. The van der Waals surface area contributed by atoms with E-state index in [0.717, 1.165) is 4.90 Å². The van der Waals surface area contributed by atoms with Crippen molar-refractivity contribution in [1.82, 2.24) is 0 Å². The van der Waals surface area contributed by atoms with Gasteiger partial charge in [0.25, 0.3) is 5.69 Å². The summed E-state index contributed by atoms with van der Waals surface area (Å²) < 4.78 is 0. The van der Waals surface area contributed by atoms with Crippen LogP contribution in [0.2, 0.25) is 0 Å². The molecule has 0 heterocycles. The zero-order valence-corrected chi connectivity index (χ0v) is 11.3. The van der Waals surface area contributed by atoms with E-state index in [-0.39, 0.29) is 17.2 Å². The summed E-state index contributed by atoms with van der Waals surface area (Å²) in [5.41, 5.74) is 6.85. The molecule has 0 unspecified atom stereocenters. The lowest BCUT2D eigenvalue weighted by atomic mass is 10.1. The minimum atomic E-state index is -0.492. The first-order chi connectivity index (χ1) is 9.58. The molecule has 2 N–H and O–H groups in total. The molecule has 102 valence electrons. The molecule has 6 heteroatoms. The predicted octanol–water partition coefficient (Wildman–Crippen LogP) is 3.15. The molecule has 0 spiro atoms. The van der Waals surface area contributed by atoms with Crippen molar-refractivity contribution < 1.29 is 9.72 Å². The van der Waals surface area contributed by atoms with Crippen LogP contribution in [0.4, 0.5) is 11.4 Å². The Morgan fingerprint density at radius 1 is 1.15 bits per heavy atom. The van der Waals surface area contributed by atoms with Crippen LogP contribution in [0.15, 0.2) is 53.4 Å². The first kappa shape index (κ1) is 14.1. The predicted molar refractivity (Wildman–Crippen MR) is 79.0 cm³/mol. The van der Waals surface area contributed by atoms with Gasteiger partial charge in [0.15, 0.2) is 5.78 Å². The van der Waals surface area contributed by atoms with Gasteiger partial charge in [-0.15, -0.1) is 11.8 Å². The van der Waals surface area contributed by atoms with Crippen LogP contribution >= 0.6 is 11.8 Å². The fraction of sp³-hybridized carbons (Fsp3) is 0.0714. The highest BCUT2D eigenvalue weighted by Gasteiger charge is 2.10. The second-order valence-electron chi connectivity index (χ2n) is 4.05. The van der Waals surface area contributed by atoms with Gasteiger partial charge in [-0.2, -0.15) is 0 Å². The van der Waals surface area contributed by atoms with Crippen molar-refractivity contribution in [2.75, 3.05) is 11.5 Å². The molecule has 0 amide bonds. The fourth-order valence-electron chi connectivity index (χ4n) is 1.61. The summed E-state index contributed by atoms with van der Waals surface area (Å²) >= 11 is 1.35. The lowest BCUT2D eigenvalue weighted by Gasteiger charge is -2.04. The van der Waals surface area contributed by atoms with Crippen LogP contribution in [-0.4, -0.2) is 16.5 Å². The van der Waals surface area contributed by atoms with E-state index in [1.807, 2.05) is 18.2 Å². The number of nitrogens with two attached hydrogens (primary N) is 1. The lowest BCUT2D eigenvalue weighted by molar-refractivity contribution is -0.384. The molecule has 0 aliphatic heterocycles. The maximum Gasteiger partial charge on any atom is 0.269 e. The summed E-state index contributed by atoms with van der Waals surface area (Å²) in [5, 5.41) is 10.5. The summed E-state index contributed by atoms with van der Waals surface area (Å²) in [4.78, 5) is 22.9. The number of carbonyl (C=O) groups excluding carboxylic acids is 1. The van der Waals surface area contributed by atoms with Crippen molar-refractivity contribution in [2.45, 2.75) is 4.90 Å². The molecule has 0 aromatic heterocycles. The number of ketones is 1. The number of Topliss-reactive ketones (excluding diaryl/α,β-unsaturated/α-hetero) is 1. The molecule has 0 saturated heterocycles. The van der Waals surface area contributed by atoms with E-state index in [1.165, 1.54) is 36.0 Å². The Labute approximate surface area is 119 Å². The first-order valence-corrected chi connectivity index (χ1v) is 6.81. The number of thioether (sulfide) groups is 1.